The summed E-state index contributed by atoms with van der Waals surface area (Å²) in [5, 5.41) is 0. The Morgan fingerprint density at radius 3 is 2.11 bits per heavy atom. The van der Waals surface area contributed by atoms with Crippen molar-refractivity contribution in [2.45, 2.75) is 58.0 Å². The predicted octanol–water partition coefficient (Wildman–Crippen LogP) is 7.32. The van der Waals surface area contributed by atoms with E-state index in [1.165, 1.54) is 0 Å². The largest absolute Gasteiger partial charge is 0.490 e. The maximum atomic E-state index is 13.1. The van der Waals surface area contributed by atoms with Crippen LogP contribution in [0.15, 0.2) is 68.0 Å². The van der Waals surface area contributed by atoms with E-state index in [1.807, 2.05) is 43.3 Å². The zero-order valence-corrected chi connectivity index (χ0v) is 22.7. The van der Waals surface area contributed by atoms with E-state index < -0.39 is 5.92 Å². The van der Waals surface area contributed by atoms with Crippen LogP contribution in [0, 0.1) is 0 Å². The first kappa shape index (κ1) is 24.3. The van der Waals surface area contributed by atoms with Gasteiger partial charge in [-0.15, -0.1) is 0 Å². The quantitative estimate of drug-likeness (QED) is 0.347. The summed E-state index contributed by atoms with van der Waals surface area (Å²) in [5.74, 6) is 2.31. The number of hydrogen-bond acceptors (Lipinski definition) is 5. The molecule has 182 valence electrons. The molecule has 3 aliphatic rings. The molecule has 5 nitrogen and oxygen atoms in total. The van der Waals surface area contributed by atoms with E-state index in [9.17, 15) is 9.59 Å². The van der Waals surface area contributed by atoms with Gasteiger partial charge in [0.05, 0.1) is 11.1 Å². The third kappa shape index (κ3) is 4.85. The van der Waals surface area contributed by atoms with Gasteiger partial charge in [0.1, 0.15) is 18.1 Å². The molecule has 0 radical (unpaired) electrons. The summed E-state index contributed by atoms with van der Waals surface area (Å²) >= 11 is 7.14. The first-order chi connectivity index (χ1) is 17.0. The maximum Gasteiger partial charge on any atom is 0.175 e. The van der Waals surface area contributed by atoms with Gasteiger partial charge in [0.25, 0.3) is 0 Å². The van der Waals surface area contributed by atoms with Crippen molar-refractivity contribution in [3.63, 3.8) is 0 Å². The molecule has 2 aliphatic carbocycles. The number of allylic oxidation sites excluding steroid dienone is 4. The SMILES string of the molecule is CCOc1cc(C2C3=C(CCCC3=O)OC3=C2C(=O)CCC3)cc(Br)c1OCc1ccc(Br)cc1. The number of ether oxygens (including phenoxy) is 3. The number of carbonyl (C=O) groups is 2. The van der Waals surface area contributed by atoms with Crippen molar-refractivity contribution in [3.05, 3.63) is 79.1 Å². The molecule has 0 unspecified atom stereocenters. The molecule has 5 rings (SSSR count). The van der Waals surface area contributed by atoms with Crippen LogP contribution in [0.1, 0.15) is 62.5 Å². The van der Waals surface area contributed by atoms with E-state index in [-0.39, 0.29) is 11.6 Å². The lowest BCUT2D eigenvalue weighted by Crippen LogP contribution is -2.30. The van der Waals surface area contributed by atoms with Crippen LogP contribution in [0.4, 0.5) is 0 Å². The zero-order valence-electron chi connectivity index (χ0n) is 19.5. The van der Waals surface area contributed by atoms with Gasteiger partial charge in [-0.3, -0.25) is 9.59 Å². The minimum atomic E-state index is -0.439. The fourth-order valence-electron chi connectivity index (χ4n) is 5.04. The van der Waals surface area contributed by atoms with Gasteiger partial charge < -0.3 is 14.2 Å². The Morgan fingerprint density at radius 2 is 1.51 bits per heavy atom. The first-order valence-corrected chi connectivity index (χ1v) is 13.6. The smallest absolute Gasteiger partial charge is 0.175 e. The molecule has 0 aromatic heterocycles. The zero-order chi connectivity index (χ0) is 24.5. The van der Waals surface area contributed by atoms with Gasteiger partial charge in [-0.05, 0) is 71.1 Å². The standard InChI is InChI=1S/C28H26Br2O5/c1-2-33-24-14-17(13-19(30)28(24)34-15-16-9-11-18(29)12-10-16)25-26-20(31)5-3-7-22(26)35-23-8-4-6-21(32)27(23)25/h9-14,25H,2-8,15H2,1H3. The van der Waals surface area contributed by atoms with Crippen molar-refractivity contribution in [1.29, 1.82) is 0 Å². The van der Waals surface area contributed by atoms with Crippen molar-refractivity contribution in [2.24, 2.45) is 0 Å². The highest BCUT2D eigenvalue weighted by Gasteiger charge is 2.42. The predicted molar refractivity (Wildman–Crippen MR) is 139 cm³/mol. The summed E-state index contributed by atoms with van der Waals surface area (Å²) in [6.07, 6.45) is 3.94. The average molecular weight is 602 g/mol. The molecular weight excluding hydrogens is 576 g/mol. The third-order valence-corrected chi connectivity index (χ3v) is 7.72. The van der Waals surface area contributed by atoms with E-state index >= 15 is 0 Å². The van der Waals surface area contributed by atoms with Crippen LogP contribution in [-0.2, 0) is 20.9 Å². The van der Waals surface area contributed by atoms with Gasteiger partial charge in [-0.2, -0.15) is 0 Å². The second kappa shape index (κ2) is 10.3. The molecule has 0 bridgehead atoms. The van der Waals surface area contributed by atoms with Gasteiger partial charge in [-0.25, -0.2) is 0 Å². The Balaban J connectivity index is 1.56. The van der Waals surface area contributed by atoms with Gasteiger partial charge in [0.2, 0.25) is 0 Å². The number of ketones is 2. The van der Waals surface area contributed by atoms with Crippen LogP contribution >= 0.6 is 31.9 Å². The summed E-state index contributed by atoms with van der Waals surface area (Å²) in [7, 11) is 0. The Hall–Kier alpha value is -2.38. The van der Waals surface area contributed by atoms with Gasteiger partial charge >= 0.3 is 0 Å². The molecular formula is C28H26Br2O5. The van der Waals surface area contributed by atoms with Crippen LogP contribution in [0.5, 0.6) is 11.5 Å². The summed E-state index contributed by atoms with van der Waals surface area (Å²) < 4.78 is 20.1. The minimum absolute atomic E-state index is 0.0609. The number of benzene rings is 2. The molecule has 0 amide bonds. The minimum Gasteiger partial charge on any atom is -0.490 e. The summed E-state index contributed by atoms with van der Waals surface area (Å²) in [6.45, 7) is 2.76. The molecule has 1 aliphatic heterocycles. The molecule has 0 spiro atoms. The molecule has 0 fully saturated rings. The lowest BCUT2D eigenvalue weighted by Gasteiger charge is -2.36. The fourth-order valence-corrected chi connectivity index (χ4v) is 5.88. The Morgan fingerprint density at radius 1 is 0.886 bits per heavy atom. The Bertz CT molecular complexity index is 1200. The molecule has 0 atom stereocenters. The summed E-state index contributed by atoms with van der Waals surface area (Å²) in [5.41, 5.74) is 3.12. The van der Waals surface area contributed by atoms with E-state index in [0.29, 0.717) is 48.7 Å². The van der Waals surface area contributed by atoms with E-state index in [2.05, 4.69) is 31.9 Å². The number of Topliss-reactive ketones (excluding diaryl/α,β-unsaturated/α-hetero) is 2. The van der Waals surface area contributed by atoms with Crippen LogP contribution in [-0.4, -0.2) is 18.2 Å². The fraction of sp³-hybridized carbons (Fsp3) is 0.357. The average Bonchev–Trinajstić information content (AvgIpc) is 2.84. The number of carbonyl (C=O) groups excluding carboxylic acids is 2. The molecule has 0 saturated carbocycles. The highest BCUT2D eigenvalue weighted by Crippen LogP contribution is 2.50. The normalized spacial score (nSPS) is 18.3. The third-order valence-electron chi connectivity index (χ3n) is 6.60. The Labute approximate surface area is 221 Å². The molecule has 0 N–H and O–H groups in total. The van der Waals surface area contributed by atoms with Gasteiger partial charge in [0, 0.05) is 47.2 Å². The number of halogens is 2. The van der Waals surface area contributed by atoms with E-state index in [1.54, 1.807) is 0 Å². The highest BCUT2D eigenvalue weighted by molar-refractivity contribution is 9.10. The van der Waals surface area contributed by atoms with Crippen molar-refractivity contribution in [1.82, 2.24) is 0 Å². The number of hydrogen-bond donors (Lipinski definition) is 0. The van der Waals surface area contributed by atoms with Crippen molar-refractivity contribution in [3.8, 4) is 11.5 Å². The van der Waals surface area contributed by atoms with Crippen molar-refractivity contribution < 1.29 is 23.8 Å². The van der Waals surface area contributed by atoms with Crippen LogP contribution in [0.2, 0.25) is 0 Å². The highest BCUT2D eigenvalue weighted by atomic mass is 79.9. The molecule has 0 saturated heterocycles. The van der Waals surface area contributed by atoms with Crippen LogP contribution < -0.4 is 9.47 Å². The molecule has 1 heterocycles. The second-order valence-electron chi connectivity index (χ2n) is 8.94. The molecule has 7 heteroatoms. The van der Waals surface area contributed by atoms with Gasteiger partial charge in [0.15, 0.2) is 23.1 Å². The topological polar surface area (TPSA) is 61.8 Å². The van der Waals surface area contributed by atoms with E-state index in [4.69, 9.17) is 14.2 Å². The summed E-state index contributed by atoms with van der Waals surface area (Å²) in [6, 6.07) is 11.8. The molecule has 35 heavy (non-hydrogen) atoms. The summed E-state index contributed by atoms with van der Waals surface area (Å²) in [4.78, 5) is 26.2. The monoisotopic (exact) mass is 600 g/mol. The lowest BCUT2D eigenvalue weighted by molar-refractivity contribution is -0.117. The van der Waals surface area contributed by atoms with Crippen LogP contribution in [0.3, 0.4) is 0 Å². The Kier molecular flexibility index (Phi) is 7.17. The maximum absolute atomic E-state index is 13.1. The van der Waals surface area contributed by atoms with Gasteiger partial charge in [-0.1, -0.05) is 28.1 Å². The lowest BCUT2D eigenvalue weighted by atomic mass is 9.73. The molecule has 2 aromatic rings. The molecule has 2 aromatic carbocycles. The van der Waals surface area contributed by atoms with Crippen LogP contribution in [0.25, 0.3) is 0 Å². The van der Waals surface area contributed by atoms with Crippen molar-refractivity contribution in [2.75, 3.05) is 6.61 Å². The van der Waals surface area contributed by atoms with E-state index in [0.717, 1.165) is 57.3 Å². The van der Waals surface area contributed by atoms with Crippen molar-refractivity contribution >= 4 is 43.4 Å². The second-order valence-corrected chi connectivity index (χ2v) is 10.7. The first-order valence-electron chi connectivity index (χ1n) is 12.0. The number of rotatable bonds is 6.